The maximum Gasteiger partial charge on any atom is -0.0129 e. The topological polar surface area (TPSA) is 0 Å². The lowest BCUT2D eigenvalue weighted by Gasteiger charge is -2.20. The Morgan fingerprint density at radius 2 is 1.91 bits per heavy atom. The van der Waals surface area contributed by atoms with E-state index in [9.17, 15) is 0 Å². The molecule has 11 heavy (non-hydrogen) atoms. The summed E-state index contributed by atoms with van der Waals surface area (Å²) in [5, 5.41) is 0. The Morgan fingerprint density at radius 1 is 1.27 bits per heavy atom. The molecule has 0 aromatic heterocycles. The second-order valence-corrected chi connectivity index (χ2v) is 3.99. The summed E-state index contributed by atoms with van der Waals surface area (Å²) in [5.41, 5.74) is 3.00. The van der Waals surface area contributed by atoms with Crippen LogP contribution < -0.4 is 0 Å². The summed E-state index contributed by atoms with van der Waals surface area (Å²) in [6.07, 6.45) is 0. The van der Waals surface area contributed by atoms with Gasteiger partial charge in [0, 0.05) is 0 Å². The lowest BCUT2D eigenvalue weighted by molar-refractivity contribution is 0.586. The van der Waals surface area contributed by atoms with Gasteiger partial charge in [-0.25, -0.2) is 0 Å². The summed E-state index contributed by atoms with van der Waals surface area (Å²) < 4.78 is 0. The van der Waals surface area contributed by atoms with Crippen LogP contribution in [0.25, 0.3) is 0 Å². The molecule has 59 valence electrons. The van der Waals surface area contributed by atoms with E-state index >= 15 is 0 Å². The van der Waals surface area contributed by atoms with Gasteiger partial charge in [0.05, 0.1) is 0 Å². The first kappa shape index (κ1) is 8.32. The molecule has 0 heteroatoms. The van der Waals surface area contributed by atoms with E-state index < -0.39 is 0 Å². The van der Waals surface area contributed by atoms with Gasteiger partial charge in [0.2, 0.25) is 0 Å². The Hall–Kier alpha value is -0.780. The molecule has 0 spiro atoms. The van der Waals surface area contributed by atoms with Gasteiger partial charge in [-0.1, -0.05) is 39.0 Å². The van der Waals surface area contributed by atoms with Crippen LogP contribution in [0.5, 0.6) is 0 Å². The Bertz CT molecular complexity index is 240. The minimum Gasteiger partial charge on any atom is -0.0584 e. The highest BCUT2D eigenvalue weighted by molar-refractivity contribution is 5.30. The van der Waals surface area contributed by atoms with Crippen molar-refractivity contribution in [3.63, 3.8) is 0 Å². The molecule has 0 nitrogen and oxygen atoms in total. The highest BCUT2D eigenvalue weighted by Gasteiger charge is 2.14. The molecule has 0 unspecified atom stereocenters. The van der Waals surface area contributed by atoms with Crippen molar-refractivity contribution in [3.05, 3.63) is 35.4 Å². The monoisotopic (exact) mass is 147 g/mol. The lowest BCUT2D eigenvalue weighted by atomic mass is 9.84. The average molecular weight is 147 g/mol. The van der Waals surface area contributed by atoms with Crippen molar-refractivity contribution in [2.75, 3.05) is 0 Å². The van der Waals surface area contributed by atoms with Crippen molar-refractivity contribution < 1.29 is 0 Å². The molecule has 1 rings (SSSR count). The van der Waals surface area contributed by atoms with Crippen molar-refractivity contribution in [1.29, 1.82) is 0 Å². The van der Waals surface area contributed by atoms with Crippen LogP contribution in [0.3, 0.4) is 0 Å². The fraction of sp³-hybridized carbons (Fsp3) is 0.455. The average Bonchev–Trinajstić information content (AvgIpc) is 1.86. The molecule has 0 fully saturated rings. The normalized spacial score (nSPS) is 11.6. The molecule has 0 amide bonds. The number of aryl methyl sites for hydroxylation is 1. The Balaban J connectivity index is 3.14. The van der Waals surface area contributed by atoms with Crippen molar-refractivity contribution in [3.8, 4) is 0 Å². The van der Waals surface area contributed by atoms with E-state index in [1.807, 2.05) is 6.07 Å². The third-order valence-electron chi connectivity index (χ3n) is 1.89. The summed E-state index contributed by atoms with van der Waals surface area (Å²) in [4.78, 5) is 0. The minimum absolute atomic E-state index is 0.252. The summed E-state index contributed by atoms with van der Waals surface area (Å²) in [5.74, 6) is 0. The first-order valence-corrected chi connectivity index (χ1v) is 3.99. The van der Waals surface area contributed by atoms with Crippen LogP contribution in [0.15, 0.2) is 18.2 Å². The Kier molecular flexibility index (Phi) is 2.03. The van der Waals surface area contributed by atoms with E-state index in [2.05, 4.69) is 45.9 Å². The van der Waals surface area contributed by atoms with E-state index in [0.29, 0.717) is 0 Å². The second kappa shape index (κ2) is 2.69. The van der Waals surface area contributed by atoms with E-state index in [-0.39, 0.29) is 5.41 Å². The maximum absolute atomic E-state index is 3.11. The number of hydrogen-bond acceptors (Lipinski definition) is 0. The fourth-order valence-electron chi connectivity index (χ4n) is 1.32. The summed E-state index contributed by atoms with van der Waals surface area (Å²) >= 11 is 0. The summed E-state index contributed by atoms with van der Waals surface area (Å²) in [7, 11) is 0. The molecule has 1 radical (unpaired) electrons. The first-order chi connectivity index (χ1) is 5.02. The molecule has 0 bridgehead atoms. The summed E-state index contributed by atoms with van der Waals surface area (Å²) in [6, 6.07) is 9.26. The van der Waals surface area contributed by atoms with Gasteiger partial charge in [0.1, 0.15) is 0 Å². The SMILES string of the molecule is Cc1cc[c]cc1C(C)(C)C. The number of hydrogen-bond donors (Lipinski definition) is 0. The van der Waals surface area contributed by atoms with Gasteiger partial charge >= 0.3 is 0 Å². The second-order valence-electron chi connectivity index (χ2n) is 3.99. The highest BCUT2D eigenvalue weighted by Crippen LogP contribution is 2.24. The van der Waals surface area contributed by atoms with Gasteiger partial charge < -0.3 is 0 Å². The van der Waals surface area contributed by atoms with E-state index in [4.69, 9.17) is 0 Å². The van der Waals surface area contributed by atoms with Gasteiger partial charge in [0.25, 0.3) is 0 Å². The minimum atomic E-state index is 0.252. The predicted molar refractivity (Wildman–Crippen MR) is 48.7 cm³/mol. The maximum atomic E-state index is 3.11. The van der Waals surface area contributed by atoms with Gasteiger partial charge in [-0.05, 0) is 29.5 Å². The van der Waals surface area contributed by atoms with E-state index in [0.717, 1.165) is 0 Å². The van der Waals surface area contributed by atoms with Crippen molar-refractivity contribution >= 4 is 0 Å². The van der Waals surface area contributed by atoms with Crippen molar-refractivity contribution in [2.24, 2.45) is 0 Å². The van der Waals surface area contributed by atoms with Crippen LogP contribution >= 0.6 is 0 Å². The third kappa shape index (κ3) is 1.83. The number of benzene rings is 1. The van der Waals surface area contributed by atoms with Gasteiger partial charge in [-0.3, -0.25) is 0 Å². The first-order valence-electron chi connectivity index (χ1n) is 3.99. The third-order valence-corrected chi connectivity index (χ3v) is 1.89. The number of rotatable bonds is 0. The van der Waals surface area contributed by atoms with Crippen LogP contribution in [-0.2, 0) is 5.41 Å². The zero-order valence-electron chi connectivity index (χ0n) is 7.73. The lowest BCUT2D eigenvalue weighted by Crippen LogP contribution is -2.12. The highest BCUT2D eigenvalue weighted by atomic mass is 14.2. The quantitative estimate of drug-likeness (QED) is 0.529. The molecular weight excluding hydrogens is 132 g/mol. The molecule has 0 aliphatic carbocycles. The molecule has 0 aliphatic heterocycles. The standard InChI is InChI=1S/C11H15/c1-9-7-5-6-8-10(9)11(2,3)4/h5,7-8H,1-4H3. The molecule has 0 saturated heterocycles. The Labute approximate surface area is 69.3 Å². The molecule has 0 aliphatic rings. The molecule has 0 atom stereocenters. The van der Waals surface area contributed by atoms with Gasteiger partial charge in [-0.2, -0.15) is 0 Å². The fourth-order valence-corrected chi connectivity index (χ4v) is 1.32. The van der Waals surface area contributed by atoms with Crippen LogP contribution in [0.4, 0.5) is 0 Å². The van der Waals surface area contributed by atoms with Crippen molar-refractivity contribution in [1.82, 2.24) is 0 Å². The molecule has 0 N–H and O–H groups in total. The molecular formula is C11H15. The zero-order chi connectivity index (χ0) is 8.48. The van der Waals surface area contributed by atoms with Gasteiger partial charge in [-0.15, -0.1) is 0 Å². The van der Waals surface area contributed by atoms with Crippen LogP contribution in [0, 0.1) is 13.0 Å². The van der Waals surface area contributed by atoms with Crippen LogP contribution in [-0.4, -0.2) is 0 Å². The molecule has 1 aromatic rings. The van der Waals surface area contributed by atoms with E-state index in [1.165, 1.54) is 11.1 Å². The smallest absolute Gasteiger partial charge is 0.0129 e. The largest absolute Gasteiger partial charge is 0.0584 e. The van der Waals surface area contributed by atoms with Crippen molar-refractivity contribution in [2.45, 2.75) is 33.1 Å². The Morgan fingerprint density at radius 3 is 2.27 bits per heavy atom. The molecule has 1 aromatic carbocycles. The zero-order valence-corrected chi connectivity index (χ0v) is 7.73. The predicted octanol–water partition coefficient (Wildman–Crippen LogP) is 3.09. The van der Waals surface area contributed by atoms with E-state index in [1.54, 1.807) is 0 Å². The van der Waals surface area contributed by atoms with Gasteiger partial charge in [0.15, 0.2) is 0 Å². The molecule has 0 saturated carbocycles. The van der Waals surface area contributed by atoms with Crippen LogP contribution in [0.2, 0.25) is 0 Å². The molecule has 0 heterocycles. The van der Waals surface area contributed by atoms with Crippen LogP contribution in [0.1, 0.15) is 31.9 Å². The summed E-state index contributed by atoms with van der Waals surface area (Å²) in [6.45, 7) is 8.82.